The number of piperazine rings is 1. The summed E-state index contributed by atoms with van der Waals surface area (Å²) in [6.45, 7) is 11.4. The molecular weight excluding hydrogens is 426 g/mol. The number of rotatable bonds is 5. The highest BCUT2D eigenvalue weighted by molar-refractivity contribution is 5.81. The van der Waals surface area contributed by atoms with Gasteiger partial charge in [0, 0.05) is 57.8 Å². The number of imidazole rings is 1. The van der Waals surface area contributed by atoms with E-state index >= 15 is 0 Å². The molecule has 0 spiro atoms. The van der Waals surface area contributed by atoms with Crippen molar-refractivity contribution in [2.24, 2.45) is 18.4 Å². The van der Waals surface area contributed by atoms with Gasteiger partial charge in [0.2, 0.25) is 5.91 Å². The van der Waals surface area contributed by atoms with E-state index in [1.54, 1.807) is 11.6 Å². The number of carbonyl (C=O) groups is 1. The molecule has 1 saturated carbocycles. The Morgan fingerprint density at radius 2 is 1.79 bits per heavy atom. The molecule has 1 aromatic carbocycles. The van der Waals surface area contributed by atoms with E-state index in [0.29, 0.717) is 24.0 Å². The van der Waals surface area contributed by atoms with Gasteiger partial charge in [-0.2, -0.15) is 0 Å². The highest BCUT2D eigenvalue weighted by Gasteiger charge is 2.34. The van der Waals surface area contributed by atoms with E-state index in [2.05, 4.69) is 49.9 Å². The number of benzene rings is 1. The molecular formula is C27H35N5O2. The first-order valence-electron chi connectivity index (χ1n) is 12.4. The molecule has 180 valence electrons. The Kier molecular flexibility index (Phi) is 5.84. The third-order valence-electron chi connectivity index (χ3n) is 6.85. The van der Waals surface area contributed by atoms with Gasteiger partial charge in [0.05, 0.1) is 11.2 Å². The predicted molar refractivity (Wildman–Crippen MR) is 134 cm³/mol. The van der Waals surface area contributed by atoms with Crippen LogP contribution in [0.4, 0.5) is 0 Å². The molecule has 5 rings (SSSR count). The second-order valence-electron chi connectivity index (χ2n) is 11.1. The molecule has 34 heavy (non-hydrogen) atoms. The Bertz CT molecular complexity index is 1270. The molecule has 1 aliphatic heterocycles. The highest BCUT2D eigenvalue weighted by atomic mass is 16.2. The topological polar surface area (TPSA) is 63.4 Å². The Morgan fingerprint density at radius 3 is 2.47 bits per heavy atom. The number of pyridine rings is 1. The number of hydrogen-bond donors (Lipinski definition) is 0. The van der Waals surface area contributed by atoms with Gasteiger partial charge < -0.3 is 4.90 Å². The lowest BCUT2D eigenvalue weighted by Crippen LogP contribution is -2.48. The Balaban J connectivity index is 1.33. The minimum Gasteiger partial charge on any atom is -0.340 e. The number of nitrogens with zero attached hydrogens (tertiary/aromatic N) is 5. The number of aromatic nitrogens is 3. The summed E-state index contributed by atoms with van der Waals surface area (Å²) in [6.07, 6.45) is 2.14. The molecule has 0 atom stereocenters. The molecule has 0 unspecified atom stereocenters. The maximum atomic E-state index is 12.9. The normalized spacial score (nSPS) is 17.5. The van der Waals surface area contributed by atoms with E-state index in [0.717, 1.165) is 62.3 Å². The summed E-state index contributed by atoms with van der Waals surface area (Å²) in [7, 11) is 1.80. The molecule has 1 aliphatic carbocycles. The zero-order valence-corrected chi connectivity index (χ0v) is 20.8. The smallest absolute Gasteiger partial charge is 0.330 e. The van der Waals surface area contributed by atoms with Crippen LogP contribution in [0.3, 0.4) is 0 Å². The van der Waals surface area contributed by atoms with Crippen molar-refractivity contribution in [3.05, 3.63) is 52.4 Å². The van der Waals surface area contributed by atoms with Gasteiger partial charge in [-0.3, -0.25) is 18.8 Å². The minimum absolute atomic E-state index is 0.00177. The van der Waals surface area contributed by atoms with Gasteiger partial charge in [-0.1, -0.05) is 39.0 Å². The molecule has 0 radical (unpaired) electrons. The van der Waals surface area contributed by atoms with Crippen molar-refractivity contribution in [3.8, 4) is 11.3 Å². The number of amides is 1. The van der Waals surface area contributed by atoms with Crippen LogP contribution >= 0.6 is 0 Å². The van der Waals surface area contributed by atoms with E-state index in [9.17, 15) is 9.59 Å². The predicted octanol–water partition coefficient (Wildman–Crippen LogP) is 3.50. The van der Waals surface area contributed by atoms with Crippen LogP contribution in [0.15, 0.2) is 41.2 Å². The SMILES string of the molecule is Cn1c(=O)n(CC(C)(C)C)c2ccc(-c3cccc(CN4CCN(C(=O)C5CC5)CC4)c3)nc21. The third-order valence-corrected chi connectivity index (χ3v) is 6.85. The Labute approximate surface area is 201 Å². The molecule has 1 amide bonds. The first-order valence-corrected chi connectivity index (χ1v) is 12.4. The van der Waals surface area contributed by atoms with Gasteiger partial charge >= 0.3 is 5.69 Å². The lowest BCUT2D eigenvalue weighted by Gasteiger charge is -2.35. The number of fused-ring (bicyclic) bond motifs is 1. The first-order chi connectivity index (χ1) is 16.2. The van der Waals surface area contributed by atoms with Gasteiger partial charge in [0.1, 0.15) is 0 Å². The van der Waals surface area contributed by atoms with Crippen molar-refractivity contribution in [1.29, 1.82) is 0 Å². The first kappa shape index (κ1) is 22.8. The lowest BCUT2D eigenvalue weighted by atomic mass is 9.97. The summed E-state index contributed by atoms with van der Waals surface area (Å²) in [5.41, 5.74) is 4.73. The van der Waals surface area contributed by atoms with Crippen LogP contribution in [0.2, 0.25) is 0 Å². The zero-order chi connectivity index (χ0) is 24.0. The molecule has 2 aromatic heterocycles. The average Bonchev–Trinajstić information content (AvgIpc) is 3.63. The maximum Gasteiger partial charge on any atom is 0.330 e. The van der Waals surface area contributed by atoms with Crippen LogP contribution < -0.4 is 5.69 Å². The summed E-state index contributed by atoms with van der Waals surface area (Å²) in [4.78, 5) is 34.5. The van der Waals surface area contributed by atoms with Crippen molar-refractivity contribution in [2.75, 3.05) is 26.2 Å². The van der Waals surface area contributed by atoms with Gasteiger partial charge in [0.25, 0.3) is 0 Å². The van der Waals surface area contributed by atoms with Crippen LogP contribution in [0.25, 0.3) is 22.4 Å². The average molecular weight is 462 g/mol. The largest absolute Gasteiger partial charge is 0.340 e. The van der Waals surface area contributed by atoms with Crippen molar-refractivity contribution >= 4 is 17.1 Å². The lowest BCUT2D eigenvalue weighted by molar-refractivity contribution is -0.134. The molecule has 0 bridgehead atoms. The summed E-state index contributed by atoms with van der Waals surface area (Å²) < 4.78 is 3.48. The number of carbonyl (C=O) groups excluding carboxylic acids is 1. The minimum atomic E-state index is -0.0253. The molecule has 2 aliphatic rings. The van der Waals surface area contributed by atoms with E-state index < -0.39 is 0 Å². The molecule has 3 heterocycles. The third kappa shape index (κ3) is 4.67. The van der Waals surface area contributed by atoms with Gasteiger partial charge in [0.15, 0.2) is 5.65 Å². The molecule has 7 heteroatoms. The van der Waals surface area contributed by atoms with Gasteiger partial charge in [-0.25, -0.2) is 9.78 Å². The van der Waals surface area contributed by atoms with E-state index in [1.165, 1.54) is 5.56 Å². The van der Waals surface area contributed by atoms with Crippen LogP contribution in [0.5, 0.6) is 0 Å². The zero-order valence-electron chi connectivity index (χ0n) is 20.8. The standard InChI is InChI=1S/C27H35N5O2/c1-27(2,3)18-32-23-11-10-22(28-24(23)29(4)26(32)34)21-7-5-6-19(16-21)17-30-12-14-31(15-13-30)25(33)20-8-9-20/h5-7,10-11,16,20H,8-9,12-15,17-18H2,1-4H3. The fraction of sp³-hybridized carbons (Fsp3) is 0.519. The molecule has 2 fully saturated rings. The second-order valence-corrected chi connectivity index (χ2v) is 11.1. The van der Waals surface area contributed by atoms with Gasteiger partial charge in [-0.05, 0) is 42.0 Å². The number of hydrogen-bond acceptors (Lipinski definition) is 4. The quantitative estimate of drug-likeness (QED) is 0.583. The van der Waals surface area contributed by atoms with Gasteiger partial charge in [-0.15, -0.1) is 0 Å². The summed E-state index contributed by atoms with van der Waals surface area (Å²) in [5.74, 6) is 0.659. The summed E-state index contributed by atoms with van der Waals surface area (Å²) in [5, 5.41) is 0. The van der Waals surface area contributed by atoms with E-state index in [-0.39, 0.29) is 11.1 Å². The van der Waals surface area contributed by atoms with Crippen molar-refractivity contribution in [1.82, 2.24) is 23.9 Å². The van der Waals surface area contributed by atoms with Crippen molar-refractivity contribution in [2.45, 2.75) is 46.7 Å². The highest BCUT2D eigenvalue weighted by Crippen LogP contribution is 2.31. The van der Waals surface area contributed by atoms with E-state index in [4.69, 9.17) is 4.98 Å². The molecule has 0 N–H and O–H groups in total. The Morgan fingerprint density at radius 1 is 1.06 bits per heavy atom. The molecule has 7 nitrogen and oxygen atoms in total. The monoisotopic (exact) mass is 461 g/mol. The van der Waals surface area contributed by atoms with Crippen LogP contribution in [-0.2, 0) is 24.9 Å². The van der Waals surface area contributed by atoms with Crippen LogP contribution in [0, 0.1) is 11.3 Å². The fourth-order valence-corrected chi connectivity index (χ4v) is 4.86. The van der Waals surface area contributed by atoms with Crippen molar-refractivity contribution in [3.63, 3.8) is 0 Å². The fourth-order valence-electron chi connectivity index (χ4n) is 4.86. The molecule has 3 aromatic rings. The number of aryl methyl sites for hydroxylation is 1. The summed E-state index contributed by atoms with van der Waals surface area (Å²) in [6, 6.07) is 12.5. The van der Waals surface area contributed by atoms with Crippen LogP contribution in [-0.4, -0.2) is 56.0 Å². The second kappa shape index (κ2) is 8.69. The Hall–Kier alpha value is -2.93. The maximum absolute atomic E-state index is 12.9. The van der Waals surface area contributed by atoms with E-state index in [1.807, 2.05) is 21.6 Å². The summed E-state index contributed by atoms with van der Waals surface area (Å²) >= 11 is 0. The van der Waals surface area contributed by atoms with Crippen LogP contribution in [0.1, 0.15) is 39.2 Å². The molecule has 1 saturated heterocycles. The van der Waals surface area contributed by atoms with Crippen molar-refractivity contribution < 1.29 is 4.79 Å².